The Morgan fingerprint density at radius 1 is 1.42 bits per heavy atom. The van der Waals surface area contributed by atoms with Crippen molar-refractivity contribution in [2.75, 3.05) is 26.7 Å². The number of hydrogen-bond donors (Lipinski definition) is 1. The van der Waals surface area contributed by atoms with Crippen LogP contribution in [0.2, 0.25) is 5.02 Å². The second kappa shape index (κ2) is 7.77. The zero-order valence-corrected chi connectivity index (χ0v) is 14.6. The molecule has 0 spiro atoms. The minimum atomic E-state index is 0.0591. The predicted molar refractivity (Wildman–Crippen MR) is 99.0 cm³/mol. The van der Waals surface area contributed by atoms with Gasteiger partial charge in [-0.05, 0) is 56.6 Å². The maximum Gasteiger partial charge on any atom is 0.246 e. The molecule has 0 bridgehead atoms. The van der Waals surface area contributed by atoms with Gasteiger partial charge in [0, 0.05) is 29.6 Å². The highest BCUT2D eigenvalue weighted by Crippen LogP contribution is 2.19. The molecule has 1 saturated heterocycles. The first kappa shape index (κ1) is 16.9. The molecule has 5 heteroatoms. The van der Waals surface area contributed by atoms with Gasteiger partial charge in [-0.25, -0.2) is 4.98 Å². The summed E-state index contributed by atoms with van der Waals surface area (Å²) >= 11 is 6.02. The molecule has 3 rings (SSSR count). The van der Waals surface area contributed by atoms with Gasteiger partial charge in [0.1, 0.15) is 0 Å². The Hall–Kier alpha value is -1.91. The molecule has 0 radical (unpaired) electrons. The van der Waals surface area contributed by atoms with Crippen molar-refractivity contribution < 1.29 is 4.79 Å². The van der Waals surface area contributed by atoms with Crippen LogP contribution in [0.3, 0.4) is 0 Å². The van der Waals surface area contributed by atoms with Gasteiger partial charge >= 0.3 is 0 Å². The Bertz CT molecular complexity index is 757. The number of carbonyl (C=O) groups excluding carboxylic acids is 1. The Morgan fingerprint density at radius 3 is 3.08 bits per heavy atom. The van der Waals surface area contributed by atoms with Crippen molar-refractivity contribution in [2.45, 2.75) is 12.8 Å². The van der Waals surface area contributed by atoms with Gasteiger partial charge in [0.25, 0.3) is 0 Å². The number of pyridine rings is 1. The molecule has 126 valence electrons. The fourth-order valence-corrected chi connectivity index (χ4v) is 3.35. The number of benzene rings is 1. The third kappa shape index (κ3) is 4.13. The standard InChI is InChI=1S/C19H22ClN3O/c1-21-12-14-3-2-10-23(13-14)19(24)9-8-17-7-5-15-4-6-16(20)11-18(15)22-17/h4-9,11,14,21H,2-3,10,12-13H2,1H3/b9-8+. The van der Waals surface area contributed by atoms with Crippen LogP contribution in [0.4, 0.5) is 0 Å². The van der Waals surface area contributed by atoms with Crippen LogP contribution in [0.25, 0.3) is 17.0 Å². The fourth-order valence-electron chi connectivity index (χ4n) is 3.18. The smallest absolute Gasteiger partial charge is 0.246 e. The van der Waals surface area contributed by atoms with Crippen LogP contribution >= 0.6 is 11.6 Å². The van der Waals surface area contributed by atoms with E-state index < -0.39 is 0 Å². The van der Waals surface area contributed by atoms with Crippen molar-refractivity contribution in [1.82, 2.24) is 15.2 Å². The summed E-state index contributed by atoms with van der Waals surface area (Å²) in [5, 5.41) is 4.90. The van der Waals surface area contributed by atoms with Crippen LogP contribution in [0.15, 0.2) is 36.4 Å². The number of halogens is 1. The summed E-state index contributed by atoms with van der Waals surface area (Å²) in [4.78, 5) is 18.9. The van der Waals surface area contributed by atoms with E-state index in [1.54, 1.807) is 12.2 Å². The number of amides is 1. The van der Waals surface area contributed by atoms with Crippen molar-refractivity contribution >= 4 is 34.5 Å². The second-order valence-electron chi connectivity index (χ2n) is 6.26. The summed E-state index contributed by atoms with van der Waals surface area (Å²) in [6.07, 6.45) is 5.66. The van der Waals surface area contributed by atoms with Gasteiger partial charge < -0.3 is 10.2 Å². The summed E-state index contributed by atoms with van der Waals surface area (Å²) < 4.78 is 0. The number of carbonyl (C=O) groups is 1. The highest BCUT2D eigenvalue weighted by atomic mass is 35.5. The third-order valence-electron chi connectivity index (χ3n) is 4.40. The number of nitrogens with one attached hydrogen (secondary N) is 1. The average molecular weight is 344 g/mol. The van der Waals surface area contributed by atoms with E-state index in [0.29, 0.717) is 10.9 Å². The van der Waals surface area contributed by atoms with Gasteiger partial charge in [-0.3, -0.25) is 4.79 Å². The number of rotatable bonds is 4. The summed E-state index contributed by atoms with van der Waals surface area (Å²) in [6, 6.07) is 9.54. The van der Waals surface area contributed by atoms with Crippen LogP contribution < -0.4 is 5.32 Å². The zero-order valence-electron chi connectivity index (χ0n) is 13.8. The minimum absolute atomic E-state index is 0.0591. The lowest BCUT2D eigenvalue weighted by Gasteiger charge is -2.32. The van der Waals surface area contributed by atoms with Crippen molar-refractivity contribution in [3.8, 4) is 0 Å². The number of likely N-dealkylation sites (tertiary alicyclic amines) is 1. The third-order valence-corrected chi connectivity index (χ3v) is 4.63. The maximum atomic E-state index is 12.4. The van der Waals surface area contributed by atoms with Crippen LogP contribution in [0.5, 0.6) is 0 Å². The van der Waals surface area contributed by atoms with Gasteiger partial charge in [0.15, 0.2) is 0 Å². The molecule has 1 unspecified atom stereocenters. The summed E-state index contributed by atoms with van der Waals surface area (Å²) in [5.41, 5.74) is 1.60. The fraction of sp³-hybridized carbons (Fsp3) is 0.368. The van der Waals surface area contributed by atoms with Gasteiger partial charge in [-0.1, -0.05) is 23.7 Å². The Kier molecular flexibility index (Phi) is 5.48. The van der Waals surface area contributed by atoms with E-state index in [4.69, 9.17) is 11.6 Å². The highest BCUT2D eigenvalue weighted by Gasteiger charge is 2.21. The number of aromatic nitrogens is 1. The lowest BCUT2D eigenvalue weighted by atomic mass is 9.98. The molecule has 1 aromatic heterocycles. The van der Waals surface area contributed by atoms with Crippen molar-refractivity contribution in [2.24, 2.45) is 5.92 Å². The second-order valence-corrected chi connectivity index (χ2v) is 6.69. The molecule has 1 atom stereocenters. The van der Waals surface area contributed by atoms with Crippen LogP contribution in [0.1, 0.15) is 18.5 Å². The molecule has 1 N–H and O–H groups in total. The van der Waals surface area contributed by atoms with Crippen molar-refractivity contribution in [3.63, 3.8) is 0 Å². The van der Waals surface area contributed by atoms with E-state index >= 15 is 0 Å². The zero-order chi connectivity index (χ0) is 16.9. The van der Waals surface area contributed by atoms with Gasteiger partial charge in [-0.15, -0.1) is 0 Å². The van der Waals surface area contributed by atoms with Crippen LogP contribution in [-0.2, 0) is 4.79 Å². The molecule has 2 aromatic rings. The Labute approximate surface area is 147 Å². The van der Waals surface area contributed by atoms with E-state index in [1.807, 2.05) is 42.3 Å². The van der Waals surface area contributed by atoms with E-state index in [2.05, 4.69) is 10.3 Å². The lowest BCUT2D eigenvalue weighted by Crippen LogP contribution is -2.41. The molecule has 0 saturated carbocycles. The molecule has 24 heavy (non-hydrogen) atoms. The predicted octanol–water partition coefficient (Wildman–Crippen LogP) is 3.36. The lowest BCUT2D eigenvalue weighted by molar-refractivity contribution is -0.127. The average Bonchev–Trinajstić information content (AvgIpc) is 2.60. The molecule has 1 aromatic carbocycles. The van der Waals surface area contributed by atoms with Crippen LogP contribution in [0, 0.1) is 5.92 Å². The van der Waals surface area contributed by atoms with Gasteiger partial charge in [-0.2, -0.15) is 0 Å². The van der Waals surface area contributed by atoms with Gasteiger partial charge in [0.05, 0.1) is 11.2 Å². The monoisotopic (exact) mass is 343 g/mol. The minimum Gasteiger partial charge on any atom is -0.339 e. The largest absolute Gasteiger partial charge is 0.339 e. The van der Waals surface area contributed by atoms with Crippen LogP contribution in [-0.4, -0.2) is 42.5 Å². The summed E-state index contributed by atoms with van der Waals surface area (Å²) in [7, 11) is 1.96. The van der Waals surface area contributed by atoms with E-state index in [9.17, 15) is 4.79 Å². The van der Waals surface area contributed by atoms with Crippen molar-refractivity contribution in [3.05, 3.63) is 47.1 Å². The first-order valence-corrected chi connectivity index (χ1v) is 8.71. The normalized spacial score (nSPS) is 18.4. The summed E-state index contributed by atoms with van der Waals surface area (Å²) in [5.74, 6) is 0.603. The number of nitrogens with zero attached hydrogens (tertiary/aromatic N) is 2. The first-order chi connectivity index (χ1) is 11.7. The molecular weight excluding hydrogens is 322 g/mol. The van der Waals surface area contributed by atoms with E-state index in [-0.39, 0.29) is 5.91 Å². The van der Waals surface area contributed by atoms with Crippen molar-refractivity contribution in [1.29, 1.82) is 0 Å². The number of piperidine rings is 1. The Balaban J connectivity index is 1.69. The molecule has 2 heterocycles. The molecule has 1 aliphatic rings. The molecule has 1 aliphatic heterocycles. The Morgan fingerprint density at radius 2 is 2.25 bits per heavy atom. The molecule has 0 aliphatic carbocycles. The SMILES string of the molecule is CNCC1CCCN(C(=O)/C=C/c2ccc3ccc(Cl)cc3n2)C1. The number of hydrogen-bond acceptors (Lipinski definition) is 3. The van der Waals surface area contributed by atoms with E-state index in [1.165, 1.54) is 6.42 Å². The molecule has 1 amide bonds. The van der Waals surface area contributed by atoms with E-state index in [0.717, 1.165) is 42.7 Å². The van der Waals surface area contributed by atoms with Gasteiger partial charge in [0.2, 0.25) is 5.91 Å². The quantitative estimate of drug-likeness (QED) is 0.866. The maximum absolute atomic E-state index is 12.4. The topological polar surface area (TPSA) is 45.2 Å². The highest BCUT2D eigenvalue weighted by molar-refractivity contribution is 6.31. The molecular formula is C19H22ClN3O. The summed E-state index contributed by atoms with van der Waals surface area (Å²) in [6.45, 7) is 2.62. The number of fused-ring (bicyclic) bond motifs is 1. The molecule has 1 fully saturated rings. The first-order valence-electron chi connectivity index (χ1n) is 8.33. The molecule has 4 nitrogen and oxygen atoms in total.